The molecular formula is C14H21N5O2S. The van der Waals surface area contributed by atoms with Crippen LogP contribution in [0.1, 0.15) is 22.8 Å². The normalized spacial score (nSPS) is 10.7. The van der Waals surface area contributed by atoms with Crippen LogP contribution < -0.4 is 5.32 Å². The highest BCUT2D eigenvalue weighted by atomic mass is 32.2. The lowest BCUT2D eigenvalue weighted by atomic mass is 10.3. The van der Waals surface area contributed by atoms with Crippen molar-refractivity contribution in [2.75, 3.05) is 19.3 Å². The second kappa shape index (κ2) is 7.88. The zero-order valence-electron chi connectivity index (χ0n) is 13.0. The van der Waals surface area contributed by atoms with Gasteiger partial charge in [0.2, 0.25) is 0 Å². The summed E-state index contributed by atoms with van der Waals surface area (Å²) in [7, 11) is 1.74. The number of urea groups is 1. The zero-order chi connectivity index (χ0) is 15.9. The van der Waals surface area contributed by atoms with E-state index in [0.29, 0.717) is 13.1 Å². The van der Waals surface area contributed by atoms with Gasteiger partial charge in [-0.2, -0.15) is 11.8 Å². The number of aryl methyl sites for hydroxylation is 2. The smallest absolute Gasteiger partial charge is 0.317 e. The maximum atomic E-state index is 11.9. The molecule has 0 atom stereocenters. The zero-order valence-corrected chi connectivity index (χ0v) is 13.9. The van der Waals surface area contributed by atoms with E-state index in [9.17, 15) is 4.79 Å². The molecule has 2 heterocycles. The first-order valence-corrected chi connectivity index (χ1v) is 8.19. The maximum absolute atomic E-state index is 11.9. The molecule has 0 spiro atoms. The van der Waals surface area contributed by atoms with Gasteiger partial charge >= 0.3 is 6.03 Å². The van der Waals surface area contributed by atoms with Gasteiger partial charge in [0.15, 0.2) is 0 Å². The molecule has 2 aromatic rings. The predicted molar refractivity (Wildman–Crippen MR) is 85.6 cm³/mol. The summed E-state index contributed by atoms with van der Waals surface area (Å²) in [5.41, 5.74) is 2.91. The van der Waals surface area contributed by atoms with Gasteiger partial charge in [0.1, 0.15) is 11.5 Å². The second-order valence-electron chi connectivity index (χ2n) is 5.04. The summed E-state index contributed by atoms with van der Waals surface area (Å²) in [5, 5.41) is 6.76. The van der Waals surface area contributed by atoms with E-state index >= 15 is 0 Å². The van der Waals surface area contributed by atoms with Crippen molar-refractivity contribution in [1.29, 1.82) is 0 Å². The Bertz CT molecular complexity index is 610. The van der Waals surface area contributed by atoms with Gasteiger partial charge in [0, 0.05) is 36.9 Å². The van der Waals surface area contributed by atoms with E-state index in [1.165, 1.54) is 0 Å². The molecule has 2 N–H and O–H groups in total. The maximum Gasteiger partial charge on any atom is 0.317 e. The first-order chi connectivity index (χ1) is 10.6. The second-order valence-corrected chi connectivity index (χ2v) is 6.15. The van der Waals surface area contributed by atoms with Crippen LogP contribution in [0, 0.1) is 13.8 Å². The average Bonchev–Trinajstić information content (AvgIpc) is 3.07. The van der Waals surface area contributed by atoms with Crippen LogP contribution in [0.3, 0.4) is 0 Å². The molecular weight excluding hydrogens is 302 g/mol. The van der Waals surface area contributed by atoms with Crippen molar-refractivity contribution in [2.45, 2.75) is 26.1 Å². The van der Waals surface area contributed by atoms with Crippen LogP contribution in [0.25, 0.3) is 0 Å². The summed E-state index contributed by atoms with van der Waals surface area (Å²) in [6.45, 7) is 4.89. The fourth-order valence-corrected chi connectivity index (χ4v) is 2.75. The number of H-pyrrole nitrogens is 1. The minimum absolute atomic E-state index is 0.114. The first-order valence-electron chi connectivity index (χ1n) is 7.04. The van der Waals surface area contributed by atoms with Gasteiger partial charge in [-0.15, -0.1) is 0 Å². The van der Waals surface area contributed by atoms with Gasteiger partial charge in [0.05, 0.1) is 18.6 Å². The Balaban J connectivity index is 1.62. The van der Waals surface area contributed by atoms with E-state index in [2.05, 4.69) is 20.4 Å². The number of amides is 2. The number of rotatable bonds is 7. The van der Waals surface area contributed by atoms with E-state index < -0.39 is 0 Å². The first kappa shape index (κ1) is 16.4. The predicted octanol–water partition coefficient (Wildman–Crippen LogP) is 2.09. The number of nitrogens with zero attached hydrogens (tertiary/aromatic N) is 3. The van der Waals surface area contributed by atoms with Crippen LogP contribution in [0.2, 0.25) is 0 Å². The third kappa shape index (κ3) is 4.80. The lowest BCUT2D eigenvalue weighted by Gasteiger charge is -2.16. The fraction of sp³-hybridized carbons (Fsp3) is 0.500. The number of nitrogens with one attached hydrogen (secondary N) is 2. The summed E-state index contributed by atoms with van der Waals surface area (Å²) in [5.74, 6) is 2.43. The summed E-state index contributed by atoms with van der Waals surface area (Å²) >= 11 is 1.74. The molecule has 0 unspecified atom stereocenters. The molecule has 8 heteroatoms. The lowest BCUT2D eigenvalue weighted by Crippen LogP contribution is -2.37. The van der Waals surface area contributed by atoms with Crippen LogP contribution >= 0.6 is 11.8 Å². The van der Waals surface area contributed by atoms with Crippen molar-refractivity contribution in [3.8, 4) is 0 Å². The Hall–Kier alpha value is -1.96. The molecule has 22 heavy (non-hydrogen) atoms. The number of thioether (sulfide) groups is 1. The van der Waals surface area contributed by atoms with Gasteiger partial charge in [0.25, 0.3) is 0 Å². The van der Waals surface area contributed by atoms with E-state index in [4.69, 9.17) is 4.52 Å². The molecule has 120 valence electrons. The van der Waals surface area contributed by atoms with E-state index in [1.54, 1.807) is 30.0 Å². The van der Waals surface area contributed by atoms with Gasteiger partial charge in [-0.25, -0.2) is 9.78 Å². The Morgan fingerprint density at radius 2 is 2.32 bits per heavy atom. The van der Waals surface area contributed by atoms with Crippen LogP contribution in [-0.4, -0.2) is 45.4 Å². The summed E-state index contributed by atoms with van der Waals surface area (Å²) in [6, 6.07) is 1.71. The highest BCUT2D eigenvalue weighted by Gasteiger charge is 2.10. The highest BCUT2D eigenvalue weighted by molar-refractivity contribution is 7.98. The van der Waals surface area contributed by atoms with Gasteiger partial charge in [-0.05, 0) is 13.8 Å². The molecule has 2 aromatic heterocycles. The quantitative estimate of drug-likeness (QED) is 0.762. The SMILES string of the molecule is Cc1cc(CN(C)C(=O)NCCSCc2nc[nH]c2C)no1. The summed E-state index contributed by atoms with van der Waals surface area (Å²) < 4.78 is 4.98. The highest BCUT2D eigenvalue weighted by Crippen LogP contribution is 2.11. The minimum Gasteiger partial charge on any atom is -0.361 e. The molecule has 0 aliphatic rings. The molecule has 2 rings (SSSR count). The Morgan fingerprint density at radius 3 is 2.95 bits per heavy atom. The van der Waals surface area contributed by atoms with Crippen molar-refractivity contribution in [3.63, 3.8) is 0 Å². The van der Waals surface area contributed by atoms with Gasteiger partial charge in [-0.1, -0.05) is 5.16 Å². The van der Waals surface area contributed by atoms with Crippen LogP contribution in [0.15, 0.2) is 16.9 Å². The molecule has 0 saturated carbocycles. The van der Waals surface area contributed by atoms with Crippen molar-refractivity contribution in [3.05, 3.63) is 35.2 Å². The third-order valence-corrected chi connectivity index (χ3v) is 4.09. The van der Waals surface area contributed by atoms with Crippen molar-refractivity contribution in [1.82, 2.24) is 25.3 Å². The van der Waals surface area contributed by atoms with Gasteiger partial charge in [-0.3, -0.25) is 0 Å². The van der Waals surface area contributed by atoms with E-state index in [-0.39, 0.29) is 6.03 Å². The van der Waals surface area contributed by atoms with Crippen molar-refractivity contribution in [2.24, 2.45) is 0 Å². The van der Waals surface area contributed by atoms with Crippen molar-refractivity contribution < 1.29 is 9.32 Å². The van der Waals surface area contributed by atoms with E-state index in [0.717, 1.165) is 34.3 Å². The average molecular weight is 323 g/mol. The Kier molecular flexibility index (Phi) is 5.88. The Morgan fingerprint density at radius 1 is 1.50 bits per heavy atom. The number of carbonyl (C=O) groups excluding carboxylic acids is 1. The van der Waals surface area contributed by atoms with Crippen molar-refractivity contribution >= 4 is 17.8 Å². The largest absolute Gasteiger partial charge is 0.361 e. The number of aromatic nitrogens is 3. The number of hydrogen-bond donors (Lipinski definition) is 2. The van der Waals surface area contributed by atoms with Gasteiger partial charge < -0.3 is 19.7 Å². The fourth-order valence-electron chi connectivity index (χ4n) is 1.87. The number of carbonyl (C=O) groups is 1. The van der Waals surface area contributed by atoms with E-state index in [1.807, 2.05) is 19.9 Å². The molecule has 2 amide bonds. The Labute approximate surface area is 133 Å². The van der Waals surface area contributed by atoms with Crippen LogP contribution in [-0.2, 0) is 12.3 Å². The molecule has 0 aromatic carbocycles. The minimum atomic E-state index is -0.114. The molecule has 0 saturated heterocycles. The molecule has 0 bridgehead atoms. The number of hydrogen-bond acceptors (Lipinski definition) is 5. The lowest BCUT2D eigenvalue weighted by molar-refractivity contribution is 0.206. The molecule has 0 fully saturated rings. The molecule has 7 nitrogen and oxygen atoms in total. The summed E-state index contributed by atoms with van der Waals surface area (Å²) in [6.07, 6.45) is 1.70. The summed E-state index contributed by atoms with van der Waals surface area (Å²) in [4.78, 5) is 20.8. The van der Waals surface area contributed by atoms with Crippen LogP contribution in [0.4, 0.5) is 4.79 Å². The monoisotopic (exact) mass is 323 g/mol. The number of aromatic amines is 1. The van der Waals surface area contributed by atoms with Crippen LogP contribution in [0.5, 0.6) is 0 Å². The third-order valence-electron chi connectivity index (χ3n) is 3.12. The topological polar surface area (TPSA) is 87.0 Å². The number of imidazole rings is 1. The molecule has 0 radical (unpaired) electrons. The standard InChI is InChI=1S/C14H21N5O2S/c1-10-6-12(18-21-10)7-19(3)14(20)15-4-5-22-8-13-11(2)16-9-17-13/h6,9H,4-5,7-8H2,1-3H3,(H,15,20)(H,16,17). The molecule has 0 aliphatic carbocycles. The molecule has 0 aliphatic heterocycles.